The summed E-state index contributed by atoms with van der Waals surface area (Å²) < 4.78 is 41.9. The molecule has 4 aromatic rings. The zero-order chi connectivity index (χ0) is 25.3. The topological polar surface area (TPSA) is 87.3 Å². The predicted octanol–water partition coefficient (Wildman–Crippen LogP) is 4.88. The molecule has 1 N–H and O–H groups in total. The molecule has 0 unspecified atom stereocenters. The van der Waals surface area contributed by atoms with Crippen molar-refractivity contribution < 1.29 is 17.6 Å². The summed E-state index contributed by atoms with van der Waals surface area (Å²) in [5.74, 6) is -0.606. The molecule has 0 spiro atoms. The van der Waals surface area contributed by atoms with Crippen LogP contribution in [0.5, 0.6) is 0 Å². The van der Waals surface area contributed by atoms with E-state index in [9.17, 15) is 22.4 Å². The first-order chi connectivity index (χ1) is 16.6. The number of nitrogens with one attached hydrogen (secondary N) is 1. The fourth-order valence-corrected chi connectivity index (χ4v) is 5.36. The number of aryl methyl sites for hydroxylation is 2. The third kappa shape index (κ3) is 5.08. The number of aromatic amines is 1. The van der Waals surface area contributed by atoms with Gasteiger partial charge in [-0.2, -0.15) is 4.31 Å². The number of rotatable bonds is 7. The molecule has 0 amide bonds. The number of carbonyl (C=O) groups is 1. The standard InChI is InChI=1S/C27H25FN2O4S/c1-17-4-5-18(2)26-25(17)14-22(27(32)29-26)16-30(15-20-6-10-23(28)11-7-20)35(33,34)24-12-8-21(9-13-24)19(3)31/h4-14H,15-16H2,1-3H3,(H,29,32). The molecule has 0 aliphatic rings. The quantitative estimate of drug-likeness (QED) is 0.373. The Bertz CT molecular complexity index is 1580. The summed E-state index contributed by atoms with van der Waals surface area (Å²) >= 11 is 0. The van der Waals surface area contributed by atoms with Crippen LogP contribution in [-0.4, -0.2) is 23.5 Å². The number of pyridine rings is 1. The van der Waals surface area contributed by atoms with Crippen LogP contribution in [0.15, 0.2) is 76.4 Å². The van der Waals surface area contributed by atoms with E-state index in [1.54, 1.807) is 6.07 Å². The summed E-state index contributed by atoms with van der Waals surface area (Å²) in [6.45, 7) is 4.97. The largest absolute Gasteiger partial charge is 0.321 e. The van der Waals surface area contributed by atoms with Crippen LogP contribution in [-0.2, 0) is 23.1 Å². The molecule has 4 rings (SSSR count). The van der Waals surface area contributed by atoms with Crippen molar-refractivity contribution in [3.8, 4) is 0 Å². The molecule has 3 aromatic carbocycles. The van der Waals surface area contributed by atoms with Crippen molar-refractivity contribution in [2.45, 2.75) is 38.8 Å². The zero-order valence-electron chi connectivity index (χ0n) is 19.6. The van der Waals surface area contributed by atoms with Crippen LogP contribution in [0.3, 0.4) is 0 Å². The van der Waals surface area contributed by atoms with E-state index in [0.717, 1.165) is 16.5 Å². The van der Waals surface area contributed by atoms with Crippen molar-refractivity contribution in [3.63, 3.8) is 0 Å². The molecule has 0 saturated carbocycles. The number of fused-ring (bicyclic) bond motifs is 1. The van der Waals surface area contributed by atoms with Crippen LogP contribution in [0, 0.1) is 19.7 Å². The Balaban J connectivity index is 1.79. The van der Waals surface area contributed by atoms with E-state index >= 15 is 0 Å². The number of nitrogens with zero attached hydrogens (tertiary/aromatic N) is 1. The molecule has 0 saturated heterocycles. The first-order valence-electron chi connectivity index (χ1n) is 11.0. The predicted molar refractivity (Wildman–Crippen MR) is 133 cm³/mol. The minimum Gasteiger partial charge on any atom is -0.321 e. The molecule has 0 fully saturated rings. The van der Waals surface area contributed by atoms with Gasteiger partial charge in [-0.3, -0.25) is 9.59 Å². The van der Waals surface area contributed by atoms with Gasteiger partial charge in [0.15, 0.2) is 5.78 Å². The summed E-state index contributed by atoms with van der Waals surface area (Å²) in [4.78, 5) is 27.5. The molecule has 1 aromatic heterocycles. The Kier molecular flexibility index (Phi) is 6.69. The third-order valence-electron chi connectivity index (χ3n) is 6.04. The summed E-state index contributed by atoms with van der Waals surface area (Å²) in [5, 5.41) is 0.838. The van der Waals surface area contributed by atoms with E-state index in [2.05, 4.69) is 4.98 Å². The van der Waals surface area contributed by atoms with Crippen LogP contribution >= 0.6 is 0 Å². The molecular weight excluding hydrogens is 467 g/mol. The normalized spacial score (nSPS) is 11.8. The SMILES string of the molecule is CC(=O)c1ccc(S(=O)(=O)N(Cc2ccc(F)cc2)Cc2cc3c(C)ccc(C)c3[nH]c2=O)cc1. The number of hydrogen-bond donors (Lipinski definition) is 1. The number of benzene rings is 3. The van der Waals surface area contributed by atoms with E-state index < -0.39 is 15.8 Å². The Hall–Kier alpha value is -3.62. The highest BCUT2D eigenvalue weighted by molar-refractivity contribution is 7.89. The van der Waals surface area contributed by atoms with Gasteiger partial charge in [-0.15, -0.1) is 0 Å². The minimum atomic E-state index is -4.06. The van der Waals surface area contributed by atoms with Gasteiger partial charge >= 0.3 is 0 Å². The maximum atomic E-state index is 13.6. The number of carbonyl (C=O) groups excluding carboxylic acids is 1. The lowest BCUT2D eigenvalue weighted by Crippen LogP contribution is -2.32. The molecular formula is C27H25FN2O4S. The highest BCUT2D eigenvalue weighted by Gasteiger charge is 2.26. The van der Waals surface area contributed by atoms with E-state index in [1.807, 2.05) is 26.0 Å². The Labute approximate surface area is 203 Å². The third-order valence-corrected chi connectivity index (χ3v) is 7.84. The summed E-state index contributed by atoms with van der Waals surface area (Å²) in [6, 6.07) is 16.8. The lowest BCUT2D eigenvalue weighted by molar-refractivity contribution is 0.101. The molecule has 0 atom stereocenters. The highest BCUT2D eigenvalue weighted by atomic mass is 32.2. The average molecular weight is 493 g/mol. The Morgan fingerprint density at radius 3 is 2.17 bits per heavy atom. The van der Waals surface area contributed by atoms with E-state index in [-0.39, 0.29) is 34.9 Å². The monoisotopic (exact) mass is 492 g/mol. The molecule has 0 radical (unpaired) electrons. The molecule has 0 aliphatic carbocycles. The molecule has 35 heavy (non-hydrogen) atoms. The van der Waals surface area contributed by atoms with Gasteiger partial charge < -0.3 is 4.98 Å². The number of halogens is 1. The van der Waals surface area contributed by atoms with Gasteiger partial charge in [-0.1, -0.05) is 36.4 Å². The van der Waals surface area contributed by atoms with Crippen molar-refractivity contribution in [1.29, 1.82) is 0 Å². The van der Waals surface area contributed by atoms with Crippen molar-refractivity contribution >= 4 is 26.7 Å². The van der Waals surface area contributed by atoms with Gasteiger partial charge in [0.05, 0.1) is 10.4 Å². The first-order valence-corrected chi connectivity index (χ1v) is 12.5. The van der Waals surface area contributed by atoms with Crippen LogP contribution < -0.4 is 5.56 Å². The van der Waals surface area contributed by atoms with Crippen LogP contribution in [0.25, 0.3) is 10.9 Å². The highest BCUT2D eigenvalue weighted by Crippen LogP contribution is 2.24. The molecule has 180 valence electrons. The summed E-state index contributed by atoms with van der Waals surface area (Å²) in [6.07, 6.45) is 0. The lowest BCUT2D eigenvalue weighted by Gasteiger charge is -2.23. The van der Waals surface area contributed by atoms with Crippen molar-refractivity contribution in [3.05, 3.63) is 111 Å². The second-order valence-electron chi connectivity index (χ2n) is 8.59. The number of sulfonamides is 1. The number of aromatic nitrogens is 1. The Morgan fingerprint density at radius 2 is 1.54 bits per heavy atom. The van der Waals surface area contributed by atoms with E-state index in [1.165, 1.54) is 59.8 Å². The summed E-state index contributed by atoms with van der Waals surface area (Å²) in [5.41, 5.74) is 3.46. The van der Waals surface area contributed by atoms with Gasteiger partial charge in [0.2, 0.25) is 10.0 Å². The van der Waals surface area contributed by atoms with Gasteiger partial charge in [0.25, 0.3) is 5.56 Å². The van der Waals surface area contributed by atoms with Crippen molar-refractivity contribution in [2.75, 3.05) is 0 Å². The smallest absolute Gasteiger partial charge is 0.252 e. The summed E-state index contributed by atoms with van der Waals surface area (Å²) in [7, 11) is -4.06. The van der Waals surface area contributed by atoms with Gasteiger partial charge in [0, 0.05) is 29.6 Å². The maximum absolute atomic E-state index is 13.6. The number of ketones is 1. The van der Waals surface area contributed by atoms with Crippen LogP contribution in [0.4, 0.5) is 4.39 Å². The number of Topliss-reactive ketones (excluding diaryl/α,β-unsaturated/α-hetero) is 1. The van der Waals surface area contributed by atoms with Gasteiger partial charge in [-0.05, 0) is 67.8 Å². The van der Waals surface area contributed by atoms with Crippen molar-refractivity contribution in [1.82, 2.24) is 9.29 Å². The fourth-order valence-electron chi connectivity index (χ4n) is 3.96. The Morgan fingerprint density at radius 1 is 0.914 bits per heavy atom. The van der Waals surface area contributed by atoms with Gasteiger partial charge in [0.1, 0.15) is 5.82 Å². The van der Waals surface area contributed by atoms with Crippen LogP contribution in [0.2, 0.25) is 0 Å². The fraction of sp³-hybridized carbons (Fsp3) is 0.185. The lowest BCUT2D eigenvalue weighted by atomic mass is 10.0. The minimum absolute atomic E-state index is 0.00569. The molecule has 8 heteroatoms. The van der Waals surface area contributed by atoms with E-state index in [4.69, 9.17) is 0 Å². The first kappa shape index (κ1) is 24.5. The van der Waals surface area contributed by atoms with Crippen molar-refractivity contribution in [2.24, 2.45) is 0 Å². The zero-order valence-corrected chi connectivity index (χ0v) is 20.4. The molecule has 1 heterocycles. The number of hydrogen-bond acceptors (Lipinski definition) is 4. The van der Waals surface area contributed by atoms with Gasteiger partial charge in [-0.25, -0.2) is 12.8 Å². The van der Waals surface area contributed by atoms with Crippen LogP contribution in [0.1, 0.15) is 39.5 Å². The second-order valence-corrected chi connectivity index (χ2v) is 10.5. The maximum Gasteiger partial charge on any atom is 0.252 e. The molecule has 6 nitrogen and oxygen atoms in total. The van der Waals surface area contributed by atoms with E-state index in [0.29, 0.717) is 16.6 Å². The molecule has 0 aliphatic heterocycles. The molecule has 0 bridgehead atoms. The number of H-pyrrole nitrogens is 1. The average Bonchev–Trinajstić information content (AvgIpc) is 2.83. The second kappa shape index (κ2) is 9.56.